The highest BCUT2D eigenvalue weighted by Crippen LogP contribution is 2.24. The molecule has 1 aliphatic rings. The quantitative estimate of drug-likeness (QED) is 0.441. The summed E-state index contributed by atoms with van der Waals surface area (Å²) in [6.07, 6.45) is 5.98. The Morgan fingerprint density at radius 1 is 1.31 bits per heavy atom. The Bertz CT molecular complexity index is 818. The van der Waals surface area contributed by atoms with E-state index >= 15 is 0 Å². The molecule has 1 aromatic carbocycles. The van der Waals surface area contributed by atoms with E-state index in [-0.39, 0.29) is 17.8 Å². The van der Waals surface area contributed by atoms with Crippen LogP contribution in [0.5, 0.6) is 0 Å². The lowest BCUT2D eigenvalue weighted by Gasteiger charge is -2.21. The topological polar surface area (TPSA) is 71.8 Å². The SMILES string of the molecule is CN=C(NCc1nccn1CCCc1ccccc1)N1CC(C)C(C(=O)OC)C1. The van der Waals surface area contributed by atoms with E-state index in [4.69, 9.17) is 4.74 Å². The molecule has 0 aliphatic carbocycles. The number of aryl methyl sites for hydroxylation is 2. The zero-order valence-corrected chi connectivity index (χ0v) is 17.5. The number of benzene rings is 1. The number of carbonyl (C=O) groups excluding carboxylic acids is 1. The third-order valence-corrected chi connectivity index (χ3v) is 5.54. The molecule has 29 heavy (non-hydrogen) atoms. The molecule has 0 amide bonds. The zero-order chi connectivity index (χ0) is 20.6. The van der Waals surface area contributed by atoms with E-state index in [1.165, 1.54) is 12.7 Å². The Morgan fingerprint density at radius 2 is 2.10 bits per heavy atom. The lowest BCUT2D eigenvalue weighted by Crippen LogP contribution is -2.40. The summed E-state index contributed by atoms with van der Waals surface area (Å²) in [7, 11) is 3.22. The Hall–Kier alpha value is -2.83. The molecule has 1 saturated heterocycles. The first-order chi connectivity index (χ1) is 14.1. The number of hydrogen-bond acceptors (Lipinski definition) is 4. The van der Waals surface area contributed by atoms with Crippen LogP contribution in [0.2, 0.25) is 0 Å². The van der Waals surface area contributed by atoms with Crippen molar-refractivity contribution in [3.63, 3.8) is 0 Å². The van der Waals surface area contributed by atoms with Crippen molar-refractivity contribution in [1.29, 1.82) is 0 Å². The summed E-state index contributed by atoms with van der Waals surface area (Å²) in [6.45, 7) is 5.01. The van der Waals surface area contributed by atoms with Crippen molar-refractivity contribution in [3.8, 4) is 0 Å². The van der Waals surface area contributed by atoms with Gasteiger partial charge in [-0.05, 0) is 24.3 Å². The minimum absolute atomic E-state index is 0.112. The van der Waals surface area contributed by atoms with Gasteiger partial charge in [-0.15, -0.1) is 0 Å². The Balaban J connectivity index is 1.52. The van der Waals surface area contributed by atoms with Gasteiger partial charge in [0.2, 0.25) is 0 Å². The van der Waals surface area contributed by atoms with E-state index in [2.05, 4.69) is 55.9 Å². The maximum Gasteiger partial charge on any atom is 0.310 e. The predicted octanol–water partition coefficient (Wildman–Crippen LogP) is 2.33. The van der Waals surface area contributed by atoms with Crippen molar-refractivity contribution >= 4 is 11.9 Å². The van der Waals surface area contributed by atoms with E-state index < -0.39 is 0 Å². The molecule has 1 N–H and O–H groups in total. The lowest BCUT2D eigenvalue weighted by atomic mass is 9.99. The van der Waals surface area contributed by atoms with Gasteiger partial charge in [0.25, 0.3) is 0 Å². The lowest BCUT2D eigenvalue weighted by molar-refractivity contribution is -0.145. The normalized spacial score (nSPS) is 19.4. The summed E-state index contributed by atoms with van der Waals surface area (Å²) in [4.78, 5) is 23.0. The monoisotopic (exact) mass is 397 g/mol. The van der Waals surface area contributed by atoms with Crippen LogP contribution in [0.25, 0.3) is 0 Å². The number of ether oxygens (including phenoxy) is 1. The van der Waals surface area contributed by atoms with Crippen LogP contribution in [-0.2, 0) is 29.0 Å². The number of likely N-dealkylation sites (tertiary alicyclic amines) is 1. The van der Waals surface area contributed by atoms with Crippen LogP contribution < -0.4 is 5.32 Å². The molecule has 156 valence electrons. The van der Waals surface area contributed by atoms with Crippen molar-refractivity contribution in [1.82, 2.24) is 19.8 Å². The molecule has 2 atom stereocenters. The first-order valence-electron chi connectivity index (χ1n) is 10.2. The Labute approximate surface area is 172 Å². The van der Waals surface area contributed by atoms with Gasteiger partial charge in [0.1, 0.15) is 5.82 Å². The van der Waals surface area contributed by atoms with Crippen LogP contribution in [0.3, 0.4) is 0 Å². The van der Waals surface area contributed by atoms with Crippen LogP contribution >= 0.6 is 0 Å². The Kier molecular flexibility index (Phi) is 7.27. The van der Waals surface area contributed by atoms with Gasteiger partial charge in [0, 0.05) is 39.1 Å². The van der Waals surface area contributed by atoms with E-state index in [9.17, 15) is 4.79 Å². The van der Waals surface area contributed by atoms with Crippen LogP contribution in [0.1, 0.15) is 24.7 Å². The summed E-state index contributed by atoms with van der Waals surface area (Å²) >= 11 is 0. The molecule has 7 nitrogen and oxygen atoms in total. The van der Waals surface area contributed by atoms with Gasteiger partial charge in [-0.3, -0.25) is 9.79 Å². The molecular formula is C22H31N5O2. The van der Waals surface area contributed by atoms with Gasteiger partial charge in [0.15, 0.2) is 5.96 Å². The van der Waals surface area contributed by atoms with Crippen LogP contribution in [0.4, 0.5) is 0 Å². The van der Waals surface area contributed by atoms with Crippen molar-refractivity contribution in [2.45, 2.75) is 32.9 Å². The summed E-state index contributed by atoms with van der Waals surface area (Å²) in [6, 6.07) is 10.5. The molecule has 3 rings (SSSR count). The average Bonchev–Trinajstić information content (AvgIpc) is 3.35. The number of aliphatic imine (C=N–C) groups is 1. The highest BCUT2D eigenvalue weighted by atomic mass is 16.5. The Morgan fingerprint density at radius 3 is 2.83 bits per heavy atom. The largest absolute Gasteiger partial charge is 0.469 e. The second kappa shape index (κ2) is 10.1. The summed E-state index contributed by atoms with van der Waals surface area (Å²) in [5.74, 6) is 1.75. The number of esters is 1. The smallest absolute Gasteiger partial charge is 0.310 e. The number of imidazole rings is 1. The number of rotatable bonds is 7. The van der Waals surface area contributed by atoms with Gasteiger partial charge in [-0.2, -0.15) is 0 Å². The van der Waals surface area contributed by atoms with Crippen molar-refractivity contribution in [2.24, 2.45) is 16.8 Å². The third kappa shape index (κ3) is 5.37. The third-order valence-electron chi connectivity index (χ3n) is 5.54. The fourth-order valence-electron chi connectivity index (χ4n) is 3.90. The van der Waals surface area contributed by atoms with Gasteiger partial charge in [-0.25, -0.2) is 4.98 Å². The predicted molar refractivity (Wildman–Crippen MR) is 113 cm³/mol. The standard InChI is InChI=1S/C22H31N5O2/c1-17-15-27(16-19(17)21(28)29-3)22(23-2)25-14-20-24-11-13-26(20)12-7-10-18-8-5-4-6-9-18/h4-6,8-9,11,13,17,19H,7,10,12,14-16H2,1-3H3,(H,23,25). The van der Waals surface area contributed by atoms with Crippen molar-refractivity contribution in [3.05, 3.63) is 54.1 Å². The van der Waals surface area contributed by atoms with E-state index in [0.29, 0.717) is 13.1 Å². The number of guanidine groups is 1. The van der Waals surface area contributed by atoms with Gasteiger partial charge in [-0.1, -0.05) is 37.3 Å². The number of methoxy groups -OCH3 is 1. The van der Waals surface area contributed by atoms with Gasteiger partial charge < -0.3 is 19.5 Å². The molecule has 0 bridgehead atoms. The highest BCUT2D eigenvalue weighted by molar-refractivity contribution is 5.82. The molecule has 0 spiro atoms. The van der Waals surface area contributed by atoms with Crippen molar-refractivity contribution in [2.75, 3.05) is 27.2 Å². The summed E-state index contributed by atoms with van der Waals surface area (Å²) < 4.78 is 7.12. The molecule has 1 fully saturated rings. The number of carbonyl (C=O) groups is 1. The number of hydrogen-bond donors (Lipinski definition) is 1. The van der Waals surface area contributed by atoms with E-state index in [1.54, 1.807) is 7.05 Å². The zero-order valence-electron chi connectivity index (χ0n) is 17.5. The minimum Gasteiger partial charge on any atom is -0.469 e. The molecule has 0 saturated carbocycles. The second-order valence-corrected chi connectivity index (χ2v) is 7.54. The summed E-state index contributed by atoms with van der Waals surface area (Å²) in [5.41, 5.74) is 1.36. The summed E-state index contributed by atoms with van der Waals surface area (Å²) in [5, 5.41) is 3.40. The van der Waals surface area contributed by atoms with Crippen LogP contribution in [0.15, 0.2) is 47.7 Å². The molecule has 0 radical (unpaired) electrons. The van der Waals surface area contributed by atoms with E-state index in [0.717, 1.165) is 37.7 Å². The molecule has 2 unspecified atom stereocenters. The number of aromatic nitrogens is 2. The maximum absolute atomic E-state index is 12.0. The molecule has 2 aromatic rings. The molecule has 2 heterocycles. The van der Waals surface area contributed by atoms with Crippen LogP contribution in [-0.4, -0.2) is 53.6 Å². The first kappa shape index (κ1) is 20.9. The molecule has 7 heteroatoms. The maximum atomic E-state index is 12.0. The first-order valence-corrected chi connectivity index (χ1v) is 10.2. The van der Waals surface area contributed by atoms with Gasteiger partial charge >= 0.3 is 5.97 Å². The molecular weight excluding hydrogens is 366 g/mol. The fraction of sp³-hybridized carbons (Fsp3) is 0.500. The average molecular weight is 398 g/mol. The van der Waals surface area contributed by atoms with Crippen LogP contribution in [0, 0.1) is 11.8 Å². The van der Waals surface area contributed by atoms with Crippen molar-refractivity contribution < 1.29 is 9.53 Å². The molecule has 1 aromatic heterocycles. The molecule has 1 aliphatic heterocycles. The van der Waals surface area contributed by atoms with E-state index in [1.807, 2.05) is 18.5 Å². The highest BCUT2D eigenvalue weighted by Gasteiger charge is 2.36. The number of nitrogens with zero attached hydrogens (tertiary/aromatic N) is 4. The minimum atomic E-state index is -0.149. The fourth-order valence-corrected chi connectivity index (χ4v) is 3.90. The number of nitrogens with one attached hydrogen (secondary N) is 1. The second-order valence-electron chi connectivity index (χ2n) is 7.54. The van der Waals surface area contributed by atoms with Gasteiger partial charge in [0.05, 0.1) is 19.6 Å².